The van der Waals surface area contributed by atoms with Crippen molar-refractivity contribution >= 4 is 11.8 Å². The van der Waals surface area contributed by atoms with Crippen LogP contribution in [0.15, 0.2) is 18.3 Å². The van der Waals surface area contributed by atoms with Crippen LogP contribution in [0.2, 0.25) is 0 Å². The molecule has 1 atom stereocenters. The maximum Gasteiger partial charge on any atom is 0.250 e. The van der Waals surface area contributed by atoms with Gasteiger partial charge in [-0.25, -0.2) is 0 Å². The largest absolute Gasteiger partial charge is 0.381 e. The summed E-state index contributed by atoms with van der Waals surface area (Å²) in [7, 11) is 0. The molecule has 7 nitrogen and oxygen atoms in total. The lowest BCUT2D eigenvalue weighted by atomic mass is 9.98. The van der Waals surface area contributed by atoms with E-state index in [2.05, 4.69) is 4.98 Å². The normalized spacial score (nSPS) is 22.8. The summed E-state index contributed by atoms with van der Waals surface area (Å²) in [6, 6.07) is 3.36. The van der Waals surface area contributed by atoms with E-state index < -0.39 is 5.91 Å². The quantitative estimate of drug-likeness (QED) is 0.876. The summed E-state index contributed by atoms with van der Waals surface area (Å²) < 4.78 is 11.0. The van der Waals surface area contributed by atoms with E-state index in [4.69, 9.17) is 15.2 Å². The molecule has 3 heterocycles. The number of morpholine rings is 1. The molecule has 1 aromatic rings. The van der Waals surface area contributed by atoms with E-state index in [1.54, 1.807) is 12.1 Å². The SMILES string of the molecule is NC(=O)c1ccc([C@H]2CN(C(=O)C3CCOCC3)CCO2)nc1. The molecule has 3 rings (SSSR count). The minimum Gasteiger partial charge on any atom is -0.381 e. The standard InChI is InChI=1S/C16H21N3O4/c17-15(20)12-1-2-13(18-9-12)14-10-19(5-8-23-14)16(21)11-3-6-22-7-4-11/h1-2,9,11,14H,3-8,10H2,(H2,17,20)/t14-/m1/s1. The summed E-state index contributed by atoms with van der Waals surface area (Å²) in [5.41, 5.74) is 6.28. The smallest absolute Gasteiger partial charge is 0.250 e. The second kappa shape index (κ2) is 7.06. The van der Waals surface area contributed by atoms with Gasteiger partial charge >= 0.3 is 0 Å². The zero-order valence-electron chi connectivity index (χ0n) is 12.9. The van der Waals surface area contributed by atoms with E-state index in [0.29, 0.717) is 44.2 Å². The van der Waals surface area contributed by atoms with E-state index in [1.807, 2.05) is 4.90 Å². The molecule has 0 radical (unpaired) electrons. The van der Waals surface area contributed by atoms with Crippen LogP contribution in [0.5, 0.6) is 0 Å². The molecule has 0 spiro atoms. The maximum atomic E-state index is 12.6. The Morgan fingerprint density at radius 1 is 1.22 bits per heavy atom. The predicted octanol–water partition coefficient (Wildman–Crippen LogP) is 0.507. The molecule has 2 aliphatic rings. The summed E-state index contributed by atoms with van der Waals surface area (Å²) in [5, 5.41) is 0. The number of amides is 2. The Morgan fingerprint density at radius 2 is 2.00 bits per heavy atom. The Morgan fingerprint density at radius 3 is 2.65 bits per heavy atom. The molecule has 2 amide bonds. The van der Waals surface area contributed by atoms with Crippen LogP contribution in [0, 0.1) is 5.92 Å². The van der Waals surface area contributed by atoms with E-state index >= 15 is 0 Å². The minimum atomic E-state index is -0.509. The number of hydrogen-bond acceptors (Lipinski definition) is 5. The van der Waals surface area contributed by atoms with Crippen molar-refractivity contribution in [1.29, 1.82) is 0 Å². The van der Waals surface area contributed by atoms with E-state index in [9.17, 15) is 9.59 Å². The van der Waals surface area contributed by atoms with Crippen LogP contribution in [0.25, 0.3) is 0 Å². The summed E-state index contributed by atoms with van der Waals surface area (Å²) in [6.07, 6.45) is 2.74. The third kappa shape index (κ3) is 3.68. The fourth-order valence-electron chi connectivity index (χ4n) is 2.97. The van der Waals surface area contributed by atoms with Crippen LogP contribution >= 0.6 is 0 Å². The van der Waals surface area contributed by atoms with Crippen LogP contribution in [-0.2, 0) is 14.3 Å². The van der Waals surface area contributed by atoms with E-state index in [-0.39, 0.29) is 17.9 Å². The fourth-order valence-corrected chi connectivity index (χ4v) is 2.97. The molecule has 2 fully saturated rings. The second-order valence-electron chi connectivity index (χ2n) is 5.87. The van der Waals surface area contributed by atoms with Crippen LogP contribution < -0.4 is 5.73 Å². The molecule has 2 saturated heterocycles. The van der Waals surface area contributed by atoms with Crippen molar-refractivity contribution in [2.45, 2.75) is 18.9 Å². The summed E-state index contributed by atoms with van der Waals surface area (Å²) in [5.74, 6) is -0.284. The zero-order chi connectivity index (χ0) is 16.2. The molecule has 0 aliphatic carbocycles. The van der Waals surface area contributed by atoms with Gasteiger partial charge in [-0.05, 0) is 25.0 Å². The number of ether oxygens (including phenoxy) is 2. The van der Waals surface area contributed by atoms with Crippen molar-refractivity contribution in [2.75, 3.05) is 32.9 Å². The number of rotatable bonds is 3. The van der Waals surface area contributed by atoms with Crippen molar-refractivity contribution in [1.82, 2.24) is 9.88 Å². The van der Waals surface area contributed by atoms with Gasteiger partial charge in [-0.15, -0.1) is 0 Å². The van der Waals surface area contributed by atoms with E-state index in [0.717, 1.165) is 12.8 Å². The molecule has 23 heavy (non-hydrogen) atoms. The molecule has 2 N–H and O–H groups in total. The van der Waals surface area contributed by atoms with Gasteiger partial charge in [0.05, 0.1) is 24.4 Å². The monoisotopic (exact) mass is 319 g/mol. The predicted molar refractivity (Wildman–Crippen MR) is 81.6 cm³/mol. The molecule has 2 aliphatic heterocycles. The van der Waals surface area contributed by atoms with Crippen molar-refractivity contribution in [3.05, 3.63) is 29.6 Å². The van der Waals surface area contributed by atoms with Crippen molar-refractivity contribution in [3.8, 4) is 0 Å². The first kappa shape index (κ1) is 15.9. The van der Waals surface area contributed by atoms with Crippen molar-refractivity contribution in [3.63, 3.8) is 0 Å². The number of hydrogen-bond donors (Lipinski definition) is 1. The van der Waals surface area contributed by atoms with Gasteiger partial charge in [-0.2, -0.15) is 0 Å². The molecular formula is C16H21N3O4. The van der Waals surface area contributed by atoms with Crippen LogP contribution in [0.3, 0.4) is 0 Å². The number of aromatic nitrogens is 1. The van der Waals surface area contributed by atoms with Gasteiger partial charge in [0, 0.05) is 31.9 Å². The number of carbonyl (C=O) groups is 2. The highest BCUT2D eigenvalue weighted by molar-refractivity contribution is 5.92. The number of carbonyl (C=O) groups excluding carboxylic acids is 2. The zero-order valence-corrected chi connectivity index (χ0v) is 12.9. The molecule has 0 bridgehead atoms. The van der Waals surface area contributed by atoms with Gasteiger partial charge in [-0.3, -0.25) is 14.6 Å². The summed E-state index contributed by atoms with van der Waals surface area (Å²) >= 11 is 0. The third-order valence-electron chi connectivity index (χ3n) is 4.35. The van der Waals surface area contributed by atoms with Gasteiger partial charge in [-0.1, -0.05) is 0 Å². The van der Waals surface area contributed by atoms with Gasteiger partial charge in [0.15, 0.2) is 0 Å². The molecule has 1 aromatic heterocycles. The van der Waals surface area contributed by atoms with E-state index in [1.165, 1.54) is 6.20 Å². The highest BCUT2D eigenvalue weighted by Crippen LogP contribution is 2.24. The molecule has 124 valence electrons. The highest BCUT2D eigenvalue weighted by atomic mass is 16.5. The first-order valence-corrected chi connectivity index (χ1v) is 7.89. The fraction of sp³-hybridized carbons (Fsp3) is 0.562. The Hall–Kier alpha value is -1.99. The number of primary amides is 1. The summed E-state index contributed by atoms with van der Waals surface area (Å²) in [4.78, 5) is 29.8. The molecule has 0 saturated carbocycles. The molecular weight excluding hydrogens is 298 g/mol. The van der Waals surface area contributed by atoms with Crippen molar-refractivity contribution < 1.29 is 19.1 Å². The average molecular weight is 319 g/mol. The van der Waals surface area contributed by atoms with Crippen LogP contribution in [0.1, 0.15) is 35.0 Å². The molecule has 0 unspecified atom stereocenters. The van der Waals surface area contributed by atoms with Gasteiger partial charge in [0.2, 0.25) is 11.8 Å². The lowest BCUT2D eigenvalue weighted by molar-refractivity contribution is -0.146. The number of nitrogens with two attached hydrogens (primary N) is 1. The Kier molecular flexibility index (Phi) is 4.88. The Labute approximate surface area is 134 Å². The lowest BCUT2D eigenvalue weighted by Crippen LogP contribution is -2.46. The molecule has 0 aromatic carbocycles. The van der Waals surface area contributed by atoms with Gasteiger partial charge in [0.25, 0.3) is 0 Å². The second-order valence-corrected chi connectivity index (χ2v) is 5.87. The maximum absolute atomic E-state index is 12.6. The Bertz CT molecular complexity index is 569. The highest BCUT2D eigenvalue weighted by Gasteiger charge is 2.31. The van der Waals surface area contributed by atoms with Crippen LogP contribution in [-0.4, -0.2) is 54.6 Å². The topological polar surface area (TPSA) is 94.8 Å². The van der Waals surface area contributed by atoms with Gasteiger partial charge < -0.3 is 20.1 Å². The third-order valence-corrected chi connectivity index (χ3v) is 4.35. The average Bonchev–Trinajstić information content (AvgIpc) is 2.62. The lowest BCUT2D eigenvalue weighted by Gasteiger charge is -2.35. The number of nitrogens with zero attached hydrogens (tertiary/aromatic N) is 2. The van der Waals surface area contributed by atoms with Crippen LogP contribution in [0.4, 0.5) is 0 Å². The summed E-state index contributed by atoms with van der Waals surface area (Å²) in [6.45, 7) is 2.88. The first-order chi connectivity index (χ1) is 11.1. The Balaban J connectivity index is 1.65. The first-order valence-electron chi connectivity index (χ1n) is 7.89. The number of pyridine rings is 1. The minimum absolute atomic E-state index is 0.0488. The molecule has 7 heteroatoms. The van der Waals surface area contributed by atoms with Crippen molar-refractivity contribution in [2.24, 2.45) is 11.7 Å². The van der Waals surface area contributed by atoms with Gasteiger partial charge in [0.1, 0.15) is 6.10 Å².